The molecule has 0 aliphatic carbocycles. The second-order valence-electron chi connectivity index (χ2n) is 14.4. The van der Waals surface area contributed by atoms with Crippen LogP contribution in [0.25, 0.3) is 109 Å². The lowest BCUT2D eigenvalue weighted by Crippen LogP contribution is -2.01. The number of para-hydroxylation sites is 3. The second-order valence-corrected chi connectivity index (χ2v) is 15.5. The predicted octanol–water partition coefficient (Wildman–Crippen LogP) is 13.4. The van der Waals surface area contributed by atoms with Gasteiger partial charge in [0.05, 0.1) is 22.1 Å². The molecule has 0 N–H and O–H groups in total. The van der Waals surface area contributed by atoms with Gasteiger partial charge in [0.2, 0.25) is 0 Å². The molecule has 4 aromatic heterocycles. The number of aromatic nitrogens is 5. The smallest absolute Gasteiger partial charge is 0.164 e. The maximum atomic E-state index is 5.26. The van der Waals surface area contributed by atoms with Crippen molar-refractivity contribution < 1.29 is 0 Å². The molecule has 0 bridgehead atoms. The van der Waals surface area contributed by atoms with Crippen molar-refractivity contribution in [1.29, 1.82) is 0 Å². The van der Waals surface area contributed by atoms with Crippen LogP contribution in [-0.2, 0) is 0 Å². The van der Waals surface area contributed by atoms with E-state index in [0.717, 1.165) is 44.5 Å². The van der Waals surface area contributed by atoms with Gasteiger partial charge in [-0.2, -0.15) is 0 Å². The summed E-state index contributed by atoms with van der Waals surface area (Å²) in [6.45, 7) is 0. The molecule has 12 rings (SSSR count). The molecule has 0 aliphatic heterocycles. The first-order valence-electron chi connectivity index (χ1n) is 19.1. The minimum atomic E-state index is 0.645. The molecule has 8 aromatic carbocycles. The number of nitrogens with zero attached hydrogens (tertiary/aromatic N) is 5. The highest BCUT2D eigenvalue weighted by Gasteiger charge is 2.23. The van der Waals surface area contributed by atoms with Crippen LogP contribution in [0, 0.1) is 0 Å². The summed E-state index contributed by atoms with van der Waals surface area (Å²) in [7, 11) is 0. The Hall–Kier alpha value is -7.41. The van der Waals surface area contributed by atoms with Crippen molar-refractivity contribution in [2.75, 3.05) is 0 Å². The van der Waals surface area contributed by atoms with Crippen LogP contribution in [0.15, 0.2) is 188 Å². The van der Waals surface area contributed by atoms with Crippen molar-refractivity contribution in [2.45, 2.75) is 0 Å². The summed E-state index contributed by atoms with van der Waals surface area (Å²) in [5.74, 6) is 1.94. The van der Waals surface area contributed by atoms with Gasteiger partial charge in [0.15, 0.2) is 17.5 Å². The number of hydrogen-bond donors (Lipinski definition) is 0. The molecule has 0 fully saturated rings. The average molecular weight is 746 g/mol. The van der Waals surface area contributed by atoms with Gasteiger partial charge in [0.1, 0.15) is 0 Å². The molecule has 0 unspecified atom stereocenters. The zero-order valence-corrected chi connectivity index (χ0v) is 31.4. The summed E-state index contributed by atoms with van der Waals surface area (Å²) >= 11 is 1.81. The molecule has 57 heavy (non-hydrogen) atoms. The normalized spacial score (nSPS) is 11.9. The van der Waals surface area contributed by atoms with Gasteiger partial charge in [-0.15, -0.1) is 11.3 Å². The summed E-state index contributed by atoms with van der Waals surface area (Å²) in [6, 6.07) is 66.6. The number of hydrogen-bond acceptors (Lipinski definition) is 4. The standard InChI is InChI=1S/C51H31N5S/c1-4-16-32(17-5-1)49-52-50(33-18-6-2-7-19-33)54-51(53-49)39-30-35(31-45-46(39)38-24-12-15-27-44(38)57-45)56-41-26-14-11-23-37(41)48-43(56)29-28-42-47(48)36-22-10-13-25-40(36)55(42)34-20-8-3-9-21-34/h1-31H. The fraction of sp³-hybridized carbons (Fsp3) is 0. The lowest BCUT2D eigenvalue weighted by molar-refractivity contribution is 1.07. The van der Waals surface area contributed by atoms with E-state index in [1.165, 1.54) is 47.4 Å². The summed E-state index contributed by atoms with van der Waals surface area (Å²) < 4.78 is 7.24. The van der Waals surface area contributed by atoms with E-state index in [1.54, 1.807) is 0 Å². The Kier molecular flexibility index (Phi) is 7.03. The van der Waals surface area contributed by atoms with Gasteiger partial charge in [-0.3, -0.25) is 0 Å². The minimum absolute atomic E-state index is 0.645. The van der Waals surface area contributed by atoms with E-state index < -0.39 is 0 Å². The van der Waals surface area contributed by atoms with Crippen molar-refractivity contribution in [3.63, 3.8) is 0 Å². The molecule has 0 spiro atoms. The Labute approximate surface area is 331 Å². The molecule has 0 saturated carbocycles. The third-order valence-corrected chi connectivity index (χ3v) is 12.3. The van der Waals surface area contributed by atoms with Gasteiger partial charge in [0, 0.05) is 69.8 Å². The summed E-state index contributed by atoms with van der Waals surface area (Å²) in [5, 5.41) is 7.28. The van der Waals surface area contributed by atoms with Crippen LogP contribution in [0.3, 0.4) is 0 Å². The van der Waals surface area contributed by atoms with E-state index in [2.05, 4.69) is 161 Å². The molecule has 12 aromatic rings. The Morgan fingerprint density at radius 2 is 0.807 bits per heavy atom. The third-order valence-electron chi connectivity index (χ3n) is 11.1. The van der Waals surface area contributed by atoms with Gasteiger partial charge < -0.3 is 9.13 Å². The maximum absolute atomic E-state index is 5.26. The molecule has 0 amide bonds. The van der Waals surface area contributed by atoms with Crippen molar-refractivity contribution in [2.24, 2.45) is 0 Å². The first kappa shape index (κ1) is 31.9. The largest absolute Gasteiger partial charge is 0.309 e. The van der Waals surface area contributed by atoms with Crippen molar-refractivity contribution in [1.82, 2.24) is 24.1 Å². The lowest BCUT2D eigenvalue weighted by atomic mass is 10.0. The van der Waals surface area contributed by atoms with E-state index in [4.69, 9.17) is 15.0 Å². The van der Waals surface area contributed by atoms with Gasteiger partial charge in [-0.25, -0.2) is 15.0 Å². The fourth-order valence-corrected chi connectivity index (χ4v) is 9.89. The zero-order chi connectivity index (χ0) is 37.5. The van der Waals surface area contributed by atoms with Crippen LogP contribution in [0.5, 0.6) is 0 Å². The van der Waals surface area contributed by atoms with E-state index in [9.17, 15) is 0 Å². The van der Waals surface area contributed by atoms with Crippen LogP contribution in [0.4, 0.5) is 0 Å². The molecule has 0 radical (unpaired) electrons. The zero-order valence-electron chi connectivity index (χ0n) is 30.5. The lowest BCUT2D eigenvalue weighted by Gasteiger charge is -2.13. The molecule has 6 heteroatoms. The Morgan fingerprint density at radius 3 is 1.40 bits per heavy atom. The highest BCUT2D eigenvalue weighted by Crippen LogP contribution is 2.45. The number of fused-ring (bicyclic) bond motifs is 10. The number of thiophene rings is 1. The first-order chi connectivity index (χ1) is 28.3. The van der Waals surface area contributed by atoms with Gasteiger partial charge >= 0.3 is 0 Å². The molecule has 266 valence electrons. The van der Waals surface area contributed by atoms with Crippen LogP contribution in [0.1, 0.15) is 0 Å². The van der Waals surface area contributed by atoms with Crippen LogP contribution in [0.2, 0.25) is 0 Å². The van der Waals surface area contributed by atoms with E-state index in [-0.39, 0.29) is 0 Å². The predicted molar refractivity (Wildman–Crippen MR) is 238 cm³/mol. The van der Waals surface area contributed by atoms with Gasteiger partial charge in [-0.05, 0) is 54.6 Å². The molecule has 5 nitrogen and oxygen atoms in total. The fourth-order valence-electron chi connectivity index (χ4n) is 8.73. The number of benzene rings is 8. The summed E-state index contributed by atoms with van der Waals surface area (Å²) in [6.07, 6.45) is 0. The summed E-state index contributed by atoms with van der Waals surface area (Å²) in [5.41, 5.74) is 9.75. The van der Waals surface area contributed by atoms with Crippen molar-refractivity contribution in [3.05, 3.63) is 188 Å². The van der Waals surface area contributed by atoms with E-state index in [0.29, 0.717) is 17.5 Å². The maximum Gasteiger partial charge on any atom is 0.164 e. The van der Waals surface area contributed by atoms with Crippen molar-refractivity contribution >= 4 is 75.1 Å². The highest BCUT2D eigenvalue weighted by atomic mass is 32.1. The van der Waals surface area contributed by atoms with Gasteiger partial charge in [0.25, 0.3) is 0 Å². The monoisotopic (exact) mass is 745 g/mol. The number of rotatable bonds is 5. The Bertz CT molecular complexity index is 3450. The molecule has 4 heterocycles. The third kappa shape index (κ3) is 4.91. The molecule has 0 saturated heterocycles. The van der Waals surface area contributed by atoms with E-state index in [1.807, 2.05) is 47.7 Å². The van der Waals surface area contributed by atoms with Crippen LogP contribution in [-0.4, -0.2) is 24.1 Å². The molecule has 0 atom stereocenters. The highest BCUT2D eigenvalue weighted by molar-refractivity contribution is 7.26. The van der Waals surface area contributed by atoms with Crippen molar-refractivity contribution in [3.8, 4) is 45.5 Å². The minimum Gasteiger partial charge on any atom is -0.309 e. The van der Waals surface area contributed by atoms with Crippen LogP contribution < -0.4 is 0 Å². The average Bonchev–Trinajstić information content (AvgIpc) is 3.94. The molecular weight excluding hydrogens is 715 g/mol. The molecule has 0 aliphatic rings. The SMILES string of the molecule is c1ccc(-c2nc(-c3ccccc3)nc(-c3cc(-n4c5ccccc5c5c6c7ccccc7n(-c7ccccc7)c6ccc54)cc4sc5ccccc5c34)n2)cc1. The van der Waals surface area contributed by atoms with E-state index >= 15 is 0 Å². The summed E-state index contributed by atoms with van der Waals surface area (Å²) in [4.78, 5) is 15.6. The Morgan fingerprint density at radius 1 is 0.333 bits per heavy atom. The topological polar surface area (TPSA) is 48.5 Å². The second kappa shape index (κ2) is 12.6. The first-order valence-corrected chi connectivity index (χ1v) is 19.9. The van der Waals surface area contributed by atoms with Crippen LogP contribution >= 0.6 is 11.3 Å². The quantitative estimate of drug-likeness (QED) is 0.176. The molecular formula is C51H31N5S. The van der Waals surface area contributed by atoms with Gasteiger partial charge in [-0.1, -0.05) is 133 Å². The Balaban J connectivity index is 1.19.